The van der Waals surface area contributed by atoms with Crippen molar-refractivity contribution in [3.05, 3.63) is 45.9 Å². The molecule has 1 amide bonds. The second kappa shape index (κ2) is 6.68. The van der Waals surface area contributed by atoms with E-state index in [-0.39, 0.29) is 11.9 Å². The summed E-state index contributed by atoms with van der Waals surface area (Å²) in [6, 6.07) is 8.38. The first-order valence-electron chi connectivity index (χ1n) is 7.84. The quantitative estimate of drug-likeness (QED) is 0.936. The van der Waals surface area contributed by atoms with Crippen molar-refractivity contribution in [1.82, 2.24) is 9.88 Å². The fraction of sp³-hybridized carbons (Fsp3) is 0.412. The number of thiazole rings is 1. The average Bonchev–Trinajstić information content (AvgIpc) is 2.96. The van der Waals surface area contributed by atoms with Gasteiger partial charge in [-0.05, 0) is 25.1 Å². The molecule has 0 bridgehead atoms. The number of likely N-dealkylation sites (N-methyl/N-ethyl adjacent to an activating group) is 1. The molecule has 0 saturated carbocycles. The summed E-state index contributed by atoms with van der Waals surface area (Å²) < 4.78 is 0. The van der Waals surface area contributed by atoms with Crippen LogP contribution in [-0.2, 0) is 13.0 Å². The minimum absolute atomic E-state index is 0.00197. The number of aromatic nitrogens is 1. The summed E-state index contributed by atoms with van der Waals surface area (Å²) in [6.07, 6.45) is 0.721. The maximum atomic E-state index is 12.9. The van der Waals surface area contributed by atoms with Crippen LogP contribution in [-0.4, -0.2) is 42.0 Å². The minimum Gasteiger partial charge on any atom is -0.372 e. The zero-order valence-corrected chi connectivity index (χ0v) is 14.3. The number of anilines is 1. The number of carbonyl (C=O) groups is 1. The van der Waals surface area contributed by atoms with Gasteiger partial charge in [0.05, 0.1) is 5.01 Å². The first kappa shape index (κ1) is 16.0. The molecule has 0 spiro atoms. The molecule has 122 valence electrons. The number of hydrogen-bond donors (Lipinski definition) is 1. The standard InChI is InChI=1S/C17H22N4OS/c1-12-9-20(2)15-6-4-3-5-13(15)10-21(12)17(22)14-11-23-16(19-14)7-8-18/h3-6,11-12H,7-10,18H2,1-2H3. The van der Waals surface area contributed by atoms with Crippen LogP contribution in [0.15, 0.2) is 29.6 Å². The van der Waals surface area contributed by atoms with Crippen molar-refractivity contribution in [1.29, 1.82) is 0 Å². The number of nitrogens with zero attached hydrogens (tertiary/aromatic N) is 3. The Hall–Kier alpha value is -1.92. The Morgan fingerprint density at radius 3 is 3.00 bits per heavy atom. The monoisotopic (exact) mass is 330 g/mol. The molecule has 1 unspecified atom stereocenters. The average molecular weight is 330 g/mol. The summed E-state index contributed by atoms with van der Waals surface area (Å²) in [5.41, 5.74) is 8.46. The Morgan fingerprint density at radius 2 is 2.22 bits per heavy atom. The lowest BCUT2D eigenvalue weighted by Gasteiger charge is -2.28. The number of rotatable bonds is 3. The lowest BCUT2D eigenvalue weighted by Crippen LogP contribution is -2.42. The molecular formula is C17H22N4OS. The number of para-hydroxylation sites is 1. The van der Waals surface area contributed by atoms with E-state index in [1.54, 1.807) is 0 Å². The maximum Gasteiger partial charge on any atom is 0.273 e. The smallest absolute Gasteiger partial charge is 0.273 e. The van der Waals surface area contributed by atoms with E-state index < -0.39 is 0 Å². The fourth-order valence-corrected chi connectivity index (χ4v) is 3.80. The van der Waals surface area contributed by atoms with Gasteiger partial charge in [0.1, 0.15) is 5.69 Å². The highest BCUT2D eigenvalue weighted by molar-refractivity contribution is 7.09. The molecule has 1 atom stereocenters. The SMILES string of the molecule is CC1CN(C)c2ccccc2CN1C(=O)c1csc(CCN)n1. The topological polar surface area (TPSA) is 62.5 Å². The predicted molar refractivity (Wildman–Crippen MR) is 93.9 cm³/mol. The van der Waals surface area contributed by atoms with E-state index >= 15 is 0 Å². The van der Waals surface area contributed by atoms with Crippen LogP contribution < -0.4 is 10.6 Å². The van der Waals surface area contributed by atoms with Gasteiger partial charge in [0.25, 0.3) is 5.91 Å². The summed E-state index contributed by atoms with van der Waals surface area (Å²) in [6.45, 7) is 4.07. The van der Waals surface area contributed by atoms with E-state index in [2.05, 4.69) is 36.0 Å². The first-order valence-corrected chi connectivity index (χ1v) is 8.72. The highest BCUT2D eigenvalue weighted by Gasteiger charge is 2.28. The number of carbonyl (C=O) groups excluding carboxylic acids is 1. The van der Waals surface area contributed by atoms with Gasteiger partial charge >= 0.3 is 0 Å². The Bertz CT molecular complexity index is 699. The van der Waals surface area contributed by atoms with Crippen molar-refractivity contribution in [2.75, 3.05) is 25.0 Å². The van der Waals surface area contributed by atoms with Crippen molar-refractivity contribution >= 4 is 22.9 Å². The molecule has 3 rings (SSSR count). The third-order valence-electron chi connectivity index (χ3n) is 4.20. The van der Waals surface area contributed by atoms with Crippen molar-refractivity contribution in [2.24, 2.45) is 5.73 Å². The summed E-state index contributed by atoms with van der Waals surface area (Å²) in [5, 5.41) is 2.77. The summed E-state index contributed by atoms with van der Waals surface area (Å²) in [5.74, 6) is 0.00197. The molecular weight excluding hydrogens is 308 g/mol. The van der Waals surface area contributed by atoms with Crippen LogP contribution in [0.1, 0.15) is 28.0 Å². The second-order valence-electron chi connectivity index (χ2n) is 5.96. The summed E-state index contributed by atoms with van der Waals surface area (Å²) in [4.78, 5) is 21.5. The van der Waals surface area contributed by atoms with Crippen LogP contribution in [0.2, 0.25) is 0 Å². The maximum absolute atomic E-state index is 12.9. The van der Waals surface area contributed by atoms with E-state index in [0.717, 1.165) is 18.0 Å². The van der Waals surface area contributed by atoms with Crippen molar-refractivity contribution < 1.29 is 4.79 Å². The molecule has 0 aliphatic carbocycles. The van der Waals surface area contributed by atoms with Gasteiger partial charge in [0.15, 0.2) is 0 Å². The molecule has 6 heteroatoms. The molecule has 1 aliphatic rings. The third-order valence-corrected chi connectivity index (χ3v) is 5.11. The number of fused-ring (bicyclic) bond motifs is 1. The number of hydrogen-bond acceptors (Lipinski definition) is 5. The Balaban J connectivity index is 1.87. The summed E-state index contributed by atoms with van der Waals surface area (Å²) in [7, 11) is 2.07. The Labute approximate surface area is 140 Å². The van der Waals surface area contributed by atoms with Gasteiger partial charge in [-0.3, -0.25) is 4.79 Å². The molecule has 1 aliphatic heterocycles. The van der Waals surface area contributed by atoms with Crippen LogP contribution in [0.25, 0.3) is 0 Å². The van der Waals surface area contributed by atoms with Crippen LogP contribution in [0, 0.1) is 0 Å². The van der Waals surface area contributed by atoms with Gasteiger partial charge in [-0.2, -0.15) is 0 Å². The van der Waals surface area contributed by atoms with E-state index in [1.165, 1.54) is 22.6 Å². The number of nitrogens with two attached hydrogens (primary N) is 1. The predicted octanol–water partition coefficient (Wildman–Crippen LogP) is 2.12. The first-order chi connectivity index (χ1) is 11.1. The van der Waals surface area contributed by atoms with E-state index in [9.17, 15) is 4.79 Å². The second-order valence-corrected chi connectivity index (χ2v) is 6.90. The van der Waals surface area contributed by atoms with Crippen LogP contribution in [0.5, 0.6) is 0 Å². The zero-order valence-electron chi connectivity index (χ0n) is 13.5. The number of benzene rings is 1. The molecule has 23 heavy (non-hydrogen) atoms. The van der Waals surface area contributed by atoms with Gasteiger partial charge in [-0.1, -0.05) is 18.2 Å². The van der Waals surface area contributed by atoms with Gasteiger partial charge in [-0.25, -0.2) is 4.98 Å². The van der Waals surface area contributed by atoms with Gasteiger partial charge < -0.3 is 15.5 Å². The highest BCUT2D eigenvalue weighted by Crippen LogP contribution is 2.27. The molecule has 2 N–H and O–H groups in total. The van der Waals surface area contributed by atoms with Crippen molar-refractivity contribution in [3.63, 3.8) is 0 Å². The minimum atomic E-state index is 0.00197. The van der Waals surface area contributed by atoms with Crippen molar-refractivity contribution in [3.8, 4) is 0 Å². The molecule has 1 aromatic carbocycles. The lowest BCUT2D eigenvalue weighted by atomic mass is 10.1. The van der Waals surface area contributed by atoms with E-state index in [4.69, 9.17) is 5.73 Å². The normalized spacial score (nSPS) is 17.8. The largest absolute Gasteiger partial charge is 0.372 e. The van der Waals surface area contributed by atoms with Gasteiger partial charge in [0, 0.05) is 43.7 Å². The Kier molecular flexibility index (Phi) is 4.63. The van der Waals surface area contributed by atoms with Crippen LogP contribution >= 0.6 is 11.3 Å². The molecule has 0 radical (unpaired) electrons. The van der Waals surface area contributed by atoms with Gasteiger partial charge in [0.2, 0.25) is 0 Å². The molecule has 5 nitrogen and oxygen atoms in total. The van der Waals surface area contributed by atoms with E-state index in [1.807, 2.05) is 22.4 Å². The lowest BCUT2D eigenvalue weighted by molar-refractivity contribution is 0.0682. The van der Waals surface area contributed by atoms with Crippen LogP contribution in [0.3, 0.4) is 0 Å². The highest BCUT2D eigenvalue weighted by atomic mass is 32.1. The third kappa shape index (κ3) is 3.23. The Morgan fingerprint density at radius 1 is 1.43 bits per heavy atom. The number of amides is 1. The molecule has 0 fully saturated rings. The molecule has 2 aromatic rings. The zero-order chi connectivity index (χ0) is 16.4. The molecule has 0 saturated heterocycles. The molecule has 2 heterocycles. The van der Waals surface area contributed by atoms with E-state index in [0.29, 0.717) is 18.8 Å². The van der Waals surface area contributed by atoms with Crippen LogP contribution in [0.4, 0.5) is 5.69 Å². The molecule has 1 aromatic heterocycles. The van der Waals surface area contributed by atoms with Gasteiger partial charge in [-0.15, -0.1) is 11.3 Å². The fourth-order valence-electron chi connectivity index (χ4n) is 3.02. The summed E-state index contributed by atoms with van der Waals surface area (Å²) >= 11 is 1.51. The van der Waals surface area contributed by atoms with Crippen molar-refractivity contribution in [2.45, 2.75) is 25.9 Å².